The topological polar surface area (TPSA) is 280 Å². The average molecular weight is 978 g/mol. The molecule has 1 saturated heterocycles. The summed E-state index contributed by atoms with van der Waals surface area (Å²) in [6, 6.07) is 25.4. The molecule has 1 aliphatic heterocycles. The van der Waals surface area contributed by atoms with Crippen LogP contribution in [0.2, 0.25) is 0 Å². The first-order chi connectivity index (χ1) is 33.4. The minimum atomic E-state index is -1.41. The van der Waals surface area contributed by atoms with Crippen molar-refractivity contribution in [1.29, 1.82) is 0 Å². The third-order valence-corrected chi connectivity index (χ3v) is 14.0. The molecule has 69 heavy (non-hydrogen) atoms. The van der Waals surface area contributed by atoms with Crippen LogP contribution < -0.4 is 43.4 Å². The molecule has 1 aromatic heterocycles. The van der Waals surface area contributed by atoms with Crippen LogP contribution in [0, 0.1) is 0 Å². The molecule has 0 bridgehead atoms. The molecule has 364 valence electrons. The highest BCUT2D eigenvalue weighted by molar-refractivity contribution is 8.76. The molecular formula is C50H59N9O8S2. The smallest absolute Gasteiger partial charge is 0.327 e. The van der Waals surface area contributed by atoms with E-state index >= 15 is 0 Å². The predicted octanol–water partition coefficient (Wildman–Crippen LogP) is 2.28. The van der Waals surface area contributed by atoms with Gasteiger partial charge in [0, 0.05) is 54.3 Å². The number of unbranched alkanes of at least 4 members (excludes halogenated alkanes) is 1. The van der Waals surface area contributed by atoms with E-state index < -0.39 is 83.7 Å². The highest BCUT2D eigenvalue weighted by atomic mass is 33.1. The summed E-state index contributed by atoms with van der Waals surface area (Å²) >= 11 is 0. The van der Waals surface area contributed by atoms with Gasteiger partial charge in [-0.25, -0.2) is 4.79 Å². The van der Waals surface area contributed by atoms with Gasteiger partial charge in [-0.2, -0.15) is 0 Å². The van der Waals surface area contributed by atoms with Crippen molar-refractivity contribution in [3.05, 3.63) is 144 Å². The number of carboxylic acids is 1. The molecule has 4 aromatic carbocycles. The number of H-pyrrole nitrogens is 1. The number of carbonyl (C=O) groups is 7. The number of carbonyl (C=O) groups excluding carboxylic acids is 6. The van der Waals surface area contributed by atoms with E-state index in [2.05, 4.69) is 36.9 Å². The van der Waals surface area contributed by atoms with Gasteiger partial charge in [-0.05, 0) is 54.1 Å². The quantitative estimate of drug-likeness (QED) is 0.0602. The number of aliphatic carboxylic acids is 1. The van der Waals surface area contributed by atoms with E-state index in [-0.39, 0.29) is 43.6 Å². The molecule has 0 radical (unpaired) electrons. The van der Waals surface area contributed by atoms with Gasteiger partial charge in [-0.3, -0.25) is 28.8 Å². The molecule has 0 spiro atoms. The van der Waals surface area contributed by atoms with E-state index in [9.17, 15) is 38.7 Å². The SMILES string of the molecule is NCCCC[C@@H]1NC(=O)[C@@H](Cc2c[nH]c3ccccc23)NC(=O)[C@H](Cc2ccccc2)NC(=O)[C@H](Cc2ccccc2)NC(=O)[C@@H](N)CSSC[C@@H](C(=O)O)NC(=O)[C@H](Cc2ccccc2)NC1=O. The van der Waals surface area contributed by atoms with E-state index in [1.165, 1.54) is 0 Å². The van der Waals surface area contributed by atoms with E-state index in [0.717, 1.165) is 32.5 Å². The Hall–Kier alpha value is -6.67. The Balaban J connectivity index is 1.39. The lowest BCUT2D eigenvalue weighted by Gasteiger charge is -2.28. The average Bonchev–Trinajstić information content (AvgIpc) is 3.76. The maximum atomic E-state index is 14.8. The first kappa shape index (κ1) is 51.7. The molecule has 1 fully saturated rings. The number of aromatic nitrogens is 1. The second kappa shape index (κ2) is 26.2. The first-order valence-corrected chi connectivity index (χ1v) is 25.3. The molecule has 6 rings (SSSR count). The van der Waals surface area contributed by atoms with E-state index in [1.54, 1.807) is 85.1 Å². The maximum Gasteiger partial charge on any atom is 0.327 e. The maximum absolute atomic E-state index is 14.8. The van der Waals surface area contributed by atoms with Gasteiger partial charge in [-0.15, -0.1) is 0 Å². The summed E-state index contributed by atoms with van der Waals surface area (Å²) < 4.78 is 0. The Labute approximate surface area is 408 Å². The minimum Gasteiger partial charge on any atom is -0.480 e. The van der Waals surface area contributed by atoms with Crippen LogP contribution in [0.3, 0.4) is 0 Å². The molecular weight excluding hydrogens is 919 g/mol. The number of hydrogen-bond acceptors (Lipinski definition) is 11. The van der Waals surface area contributed by atoms with Crippen LogP contribution in [0.25, 0.3) is 10.9 Å². The molecule has 6 amide bonds. The van der Waals surface area contributed by atoms with E-state index in [0.29, 0.717) is 41.6 Å². The Morgan fingerprint density at radius 2 is 0.942 bits per heavy atom. The number of amides is 6. The van der Waals surface area contributed by atoms with Gasteiger partial charge in [0.05, 0.1) is 6.04 Å². The van der Waals surface area contributed by atoms with Crippen LogP contribution in [-0.4, -0.2) is 112 Å². The Bertz CT molecular complexity index is 2520. The van der Waals surface area contributed by atoms with Crippen molar-refractivity contribution in [2.24, 2.45) is 11.5 Å². The number of nitrogens with one attached hydrogen (secondary N) is 7. The Morgan fingerprint density at radius 3 is 1.45 bits per heavy atom. The first-order valence-electron chi connectivity index (χ1n) is 22.8. The third-order valence-electron chi connectivity index (χ3n) is 11.6. The fraction of sp³-hybridized carbons (Fsp3) is 0.340. The zero-order valence-electron chi connectivity index (χ0n) is 37.9. The molecule has 5 aromatic rings. The molecule has 7 atom stereocenters. The highest BCUT2D eigenvalue weighted by Crippen LogP contribution is 2.24. The third kappa shape index (κ3) is 15.7. The van der Waals surface area contributed by atoms with Gasteiger partial charge in [0.15, 0.2) is 0 Å². The zero-order valence-corrected chi connectivity index (χ0v) is 39.6. The number of carboxylic acid groups (broad SMARTS) is 1. The monoisotopic (exact) mass is 977 g/mol. The van der Waals surface area contributed by atoms with Crippen LogP contribution in [-0.2, 0) is 59.2 Å². The van der Waals surface area contributed by atoms with Crippen molar-refractivity contribution in [2.45, 2.75) is 87.2 Å². The second-order valence-electron chi connectivity index (χ2n) is 16.8. The van der Waals surface area contributed by atoms with Crippen LogP contribution >= 0.6 is 21.6 Å². The van der Waals surface area contributed by atoms with Crippen LogP contribution in [0.4, 0.5) is 0 Å². The standard InChI is InChI=1S/C50H59N9O8S2/c51-23-13-12-22-38-45(61)56-41(26-33-18-8-3-9-19-33)48(64)59-43(50(66)67)30-69-68-29-36(52)44(60)55-39(24-31-14-4-1-5-15-31)46(62)57-40(25-32-16-6-2-7-17-32)47(63)58-42(49(65)54-38)27-34-28-53-37-21-11-10-20-35(34)37/h1-11,14-21,28,36,38-43,53H,12-13,22-27,29-30,51-52H2,(H,54,65)(H,55,60)(H,56,61)(H,57,62)(H,58,63)(H,59,64)(H,66,67)/t36-,38-,39-,40-,41-,42+,43-/m0/s1. The van der Waals surface area contributed by atoms with Gasteiger partial charge in [0.1, 0.15) is 36.3 Å². The summed E-state index contributed by atoms with van der Waals surface area (Å²) in [4.78, 5) is 102. The van der Waals surface area contributed by atoms with Crippen molar-refractivity contribution in [3.8, 4) is 0 Å². The number of aromatic amines is 1. The summed E-state index contributed by atoms with van der Waals surface area (Å²) in [6.07, 6.45) is 2.75. The number of para-hydroxylation sites is 1. The molecule has 0 aliphatic carbocycles. The largest absolute Gasteiger partial charge is 0.480 e. The molecule has 0 saturated carbocycles. The van der Waals surface area contributed by atoms with Crippen molar-refractivity contribution in [1.82, 2.24) is 36.9 Å². The number of nitrogens with two attached hydrogens (primary N) is 2. The van der Waals surface area contributed by atoms with E-state index in [4.69, 9.17) is 11.5 Å². The fourth-order valence-corrected chi connectivity index (χ4v) is 10.1. The van der Waals surface area contributed by atoms with Crippen LogP contribution in [0.1, 0.15) is 41.5 Å². The molecule has 1 aliphatic rings. The van der Waals surface area contributed by atoms with Gasteiger partial charge < -0.3 is 53.5 Å². The molecule has 0 unspecified atom stereocenters. The number of hydrogen-bond donors (Lipinski definition) is 10. The Morgan fingerprint density at radius 1 is 0.522 bits per heavy atom. The second-order valence-corrected chi connectivity index (χ2v) is 19.4. The Kier molecular flexibility index (Phi) is 19.6. The number of fused-ring (bicyclic) bond motifs is 1. The lowest BCUT2D eigenvalue weighted by atomic mass is 10.00. The normalized spacial score (nSPS) is 22.8. The van der Waals surface area contributed by atoms with Crippen LogP contribution in [0.5, 0.6) is 0 Å². The van der Waals surface area contributed by atoms with E-state index in [1.807, 2.05) is 36.4 Å². The lowest BCUT2D eigenvalue weighted by Crippen LogP contribution is -2.60. The number of rotatable bonds is 13. The summed E-state index contributed by atoms with van der Waals surface area (Å²) in [5.41, 5.74) is 15.7. The van der Waals surface area contributed by atoms with Crippen molar-refractivity contribution < 1.29 is 38.7 Å². The number of benzene rings is 4. The highest BCUT2D eigenvalue weighted by Gasteiger charge is 2.35. The van der Waals surface area contributed by atoms with Gasteiger partial charge >= 0.3 is 5.97 Å². The summed E-state index contributed by atoms with van der Waals surface area (Å²) in [5, 5.41) is 27.7. The van der Waals surface area contributed by atoms with Crippen molar-refractivity contribution in [3.63, 3.8) is 0 Å². The van der Waals surface area contributed by atoms with Gasteiger partial charge in [0.2, 0.25) is 35.4 Å². The summed E-state index contributed by atoms with van der Waals surface area (Å²) in [7, 11) is 2.18. The summed E-state index contributed by atoms with van der Waals surface area (Å²) in [6.45, 7) is 0.309. The van der Waals surface area contributed by atoms with Crippen molar-refractivity contribution >= 4 is 73.9 Å². The van der Waals surface area contributed by atoms with Crippen molar-refractivity contribution in [2.75, 3.05) is 18.1 Å². The molecule has 2 heterocycles. The predicted molar refractivity (Wildman–Crippen MR) is 267 cm³/mol. The van der Waals surface area contributed by atoms with Gasteiger partial charge in [-0.1, -0.05) is 131 Å². The lowest BCUT2D eigenvalue weighted by molar-refractivity contribution is -0.141. The zero-order chi connectivity index (χ0) is 49.1. The fourth-order valence-electron chi connectivity index (χ4n) is 7.80. The van der Waals surface area contributed by atoms with Gasteiger partial charge in [0.25, 0.3) is 0 Å². The summed E-state index contributed by atoms with van der Waals surface area (Å²) in [5.74, 6) is -5.73. The molecule has 12 N–H and O–H groups in total. The molecule has 19 heteroatoms. The molecule has 17 nitrogen and oxygen atoms in total. The minimum absolute atomic E-state index is 0.00550. The van der Waals surface area contributed by atoms with Crippen LogP contribution in [0.15, 0.2) is 121 Å².